The van der Waals surface area contributed by atoms with Crippen LogP contribution in [-0.2, 0) is 24.5 Å². The summed E-state index contributed by atoms with van der Waals surface area (Å²) < 4.78 is 32.1. The standard InChI is InChI=1S/C31H33NO7S/c1-30(2)14-21-28(23(33)16-30)27(29-22(32(21)18-26(35)36)15-31(3,4)17-24(29)34)20-12-8-9-13-25(20)39-40(37,38)19-10-6-5-7-11-19/h5-13,27H,14-18H2,1-4H3,(H,35,36). The molecule has 2 aliphatic carbocycles. The van der Waals surface area contributed by atoms with E-state index in [4.69, 9.17) is 4.18 Å². The van der Waals surface area contributed by atoms with Gasteiger partial charge in [0.05, 0.1) is 0 Å². The maximum atomic E-state index is 13.9. The van der Waals surface area contributed by atoms with Gasteiger partial charge in [0.2, 0.25) is 0 Å². The van der Waals surface area contributed by atoms with Crippen LogP contribution in [0.3, 0.4) is 0 Å². The van der Waals surface area contributed by atoms with E-state index in [0.717, 1.165) is 0 Å². The molecule has 1 N–H and O–H groups in total. The van der Waals surface area contributed by atoms with E-state index >= 15 is 0 Å². The molecule has 1 heterocycles. The fraction of sp³-hybridized carbons (Fsp3) is 0.387. The third kappa shape index (κ3) is 5.10. The Morgan fingerprint density at radius 2 is 1.35 bits per heavy atom. The van der Waals surface area contributed by atoms with Gasteiger partial charge in [-0.2, -0.15) is 8.42 Å². The molecule has 0 atom stereocenters. The molecule has 40 heavy (non-hydrogen) atoms. The fourth-order valence-corrected chi connectivity index (χ4v) is 7.21. The Hall–Kier alpha value is -3.72. The van der Waals surface area contributed by atoms with Gasteiger partial charge in [-0.1, -0.05) is 64.1 Å². The fourth-order valence-electron chi connectivity index (χ4n) is 6.23. The Kier molecular flexibility index (Phi) is 6.77. The van der Waals surface area contributed by atoms with Crippen LogP contribution in [0.2, 0.25) is 0 Å². The summed E-state index contributed by atoms with van der Waals surface area (Å²) in [6.07, 6.45) is 1.32. The van der Waals surface area contributed by atoms with Crippen LogP contribution in [0.4, 0.5) is 0 Å². The second-order valence-corrected chi connectivity index (χ2v) is 14.0. The normalized spacial score (nSPS) is 20.8. The van der Waals surface area contributed by atoms with E-state index in [-0.39, 0.29) is 41.6 Å². The number of ketones is 2. The van der Waals surface area contributed by atoms with Gasteiger partial charge in [0.15, 0.2) is 11.6 Å². The van der Waals surface area contributed by atoms with Crippen LogP contribution >= 0.6 is 0 Å². The van der Waals surface area contributed by atoms with Gasteiger partial charge < -0.3 is 14.2 Å². The van der Waals surface area contributed by atoms with Crippen molar-refractivity contribution in [1.29, 1.82) is 0 Å². The number of carbonyl (C=O) groups is 3. The maximum absolute atomic E-state index is 13.9. The topological polar surface area (TPSA) is 118 Å². The van der Waals surface area contributed by atoms with Crippen LogP contribution in [0.5, 0.6) is 5.75 Å². The molecule has 0 unspecified atom stereocenters. The van der Waals surface area contributed by atoms with Crippen molar-refractivity contribution in [3.63, 3.8) is 0 Å². The van der Waals surface area contributed by atoms with E-state index < -0.39 is 32.8 Å². The number of nitrogens with zero attached hydrogens (tertiary/aromatic N) is 1. The van der Waals surface area contributed by atoms with E-state index in [1.54, 1.807) is 41.3 Å². The van der Waals surface area contributed by atoms with Gasteiger partial charge in [0.25, 0.3) is 0 Å². The quantitative estimate of drug-likeness (QED) is 0.475. The van der Waals surface area contributed by atoms with Crippen molar-refractivity contribution in [2.75, 3.05) is 6.54 Å². The van der Waals surface area contributed by atoms with Crippen molar-refractivity contribution in [3.05, 3.63) is 82.7 Å². The maximum Gasteiger partial charge on any atom is 0.339 e. The summed E-state index contributed by atoms with van der Waals surface area (Å²) in [5, 5.41) is 9.86. The van der Waals surface area contributed by atoms with E-state index in [9.17, 15) is 27.9 Å². The van der Waals surface area contributed by atoms with Crippen molar-refractivity contribution in [2.45, 2.75) is 64.2 Å². The summed E-state index contributed by atoms with van der Waals surface area (Å²) in [4.78, 5) is 41.4. The molecular weight excluding hydrogens is 530 g/mol. The molecule has 5 rings (SSSR count). The first-order valence-corrected chi connectivity index (χ1v) is 14.7. The lowest BCUT2D eigenvalue weighted by atomic mass is 9.63. The van der Waals surface area contributed by atoms with Crippen molar-refractivity contribution in [2.24, 2.45) is 10.8 Å². The number of carboxylic acids is 1. The molecule has 0 saturated carbocycles. The number of para-hydroxylation sites is 1. The van der Waals surface area contributed by atoms with Crippen molar-refractivity contribution in [3.8, 4) is 5.75 Å². The summed E-state index contributed by atoms with van der Waals surface area (Å²) in [5.41, 5.74) is 1.41. The number of rotatable bonds is 6. The van der Waals surface area contributed by atoms with Crippen LogP contribution in [0.15, 0.2) is 82.0 Å². The van der Waals surface area contributed by atoms with Crippen molar-refractivity contribution >= 4 is 27.7 Å². The predicted octanol–water partition coefficient (Wildman–Crippen LogP) is 5.22. The Bertz CT molecular complexity index is 1530. The van der Waals surface area contributed by atoms with E-state index in [2.05, 4.69) is 0 Å². The monoisotopic (exact) mass is 563 g/mol. The number of allylic oxidation sites excluding steroid dienone is 4. The number of carbonyl (C=O) groups excluding carboxylic acids is 2. The average Bonchev–Trinajstić information content (AvgIpc) is 2.84. The second kappa shape index (κ2) is 9.73. The molecule has 0 radical (unpaired) electrons. The molecule has 3 aliphatic rings. The molecule has 2 aromatic carbocycles. The molecule has 1 aliphatic heterocycles. The summed E-state index contributed by atoms with van der Waals surface area (Å²) in [6, 6.07) is 14.3. The van der Waals surface area contributed by atoms with Crippen LogP contribution in [0.25, 0.3) is 0 Å². The lowest BCUT2D eigenvalue weighted by Gasteiger charge is -2.48. The van der Waals surface area contributed by atoms with E-state index in [0.29, 0.717) is 40.9 Å². The van der Waals surface area contributed by atoms with Crippen LogP contribution in [0.1, 0.15) is 64.9 Å². The molecule has 2 aromatic rings. The third-order valence-electron chi connectivity index (χ3n) is 7.78. The minimum absolute atomic E-state index is 0.0214. The highest BCUT2D eigenvalue weighted by molar-refractivity contribution is 7.87. The summed E-state index contributed by atoms with van der Waals surface area (Å²) in [7, 11) is -4.21. The molecule has 9 heteroatoms. The van der Waals surface area contributed by atoms with Crippen LogP contribution < -0.4 is 4.18 Å². The van der Waals surface area contributed by atoms with Gasteiger partial charge in [0, 0.05) is 46.9 Å². The van der Waals surface area contributed by atoms with Gasteiger partial charge in [-0.05, 0) is 41.9 Å². The van der Waals surface area contributed by atoms with Gasteiger partial charge in [-0.15, -0.1) is 0 Å². The van der Waals surface area contributed by atoms with Gasteiger partial charge in [-0.25, -0.2) is 0 Å². The third-order valence-corrected chi connectivity index (χ3v) is 9.03. The van der Waals surface area contributed by atoms with Crippen LogP contribution in [-0.4, -0.2) is 42.5 Å². The molecule has 210 valence electrons. The number of hydrogen-bond acceptors (Lipinski definition) is 7. The first-order chi connectivity index (χ1) is 18.7. The zero-order valence-electron chi connectivity index (χ0n) is 23.1. The van der Waals surface area contributed by atoms with E-state index in [1.165, 1.54) is 18.2 Å². The Morgan fingerprint density at radius 3 is 1.88 bits per heavy atom. The summed E-state index contributed by atoms with van der Waals surface area (Å²) in [5.74, 6) is -2.28. The van der Waals surface area contributed by atoms with Crippen molar-refractivity contribution in [1.82, 2.24) is 4.90 Å². The Morgan fingerprint density at radius 1 is 0.850 bits per heavy atom. The largest absolute Gasteiger partial charge is 0.480 e. The SMILES string of the molecule is CC1(C)CC(=O)C2=C(C1)N(CC(=O)O)C1=C(C(=O)CC(C)(C)C1)C2c1ccccc1OS(=O)(=O)c1ccccc1. The van der Waals surface area contributed by atoms with E-state index in [1.807, 2.05) is 27.7 Å². The lowest BCUT2D eigenvalue weighted by Crippen LogP contribution is -2.45. The number of hydrogen-bond donors (Lipinski definition) is 1. The minimum Gasteiger partial charge on any atom is -0.480 e. The highest BCUT2D eigenvalue weighted by Crippen LogP contribution is 2.55. The molecule has 0 amide bonds. The lowest BCUT2D eigenvalue weighted by molar-refractivity contribution is -0.138. The minimum atomic E-state index is -4.21. The Labute approximate surface area is 234 Å². The summed E-state index contributed by atoms with van der Waals surface area (Å²) in [6.45, 7) is 7.48. The number of carboxylic acid groups (broad SMARTS) is 1. The average molecular weight is 564 g/mol. The first-order valence-electron chi connectivity index (χ1n) is 13.3. The molecule has 0 saturated heterocycles. The van der Waals surface area contributed by atoms with Gasteiger partial charge >= 0.3 is 16.1 Å². The zero-order chi connectivity index (χ0) is 29.0. The number of benzene rings is 2. The first kappa shape index (κ1) is 27.8. The zero-order valence-corrected chi connectivity index (χ0v) is 23.9. The highest BCUT2D eigenvalue weighted by Gasteiger charge is 2.50. The number of aliphatic carboxylic acids is 1. The second-order valence-electron chi connectivity index (χ2n) is 12.4. The molecule has 0 fully saturated rings. The van der Waals surface area contributed by atoms with Crippen molar-refractivity contribution < 1.29 is 32.1 Å². The molecule has 0 aromatic heterocycles. The molecule has 0 spiro atoms. The molecule has 0 bridgehead atoms. The van der Waals surface area contributed by atoms with Crippen LogP contribution in [0, 0.1) is 10.8 Å². The van der Waals surface area contributed by atoms with Gasteiger partial charge in [-0.3, -0.25) is 14.4 Å². The number of Topliss-reactive ketones (excluding diaryl/α,β-unsaturated/α-hetero) is 2. The molecular formula is C31H33NO7S. The Balaban J connectivity index is 1.75. The highest BCUT2D eigenvalue weighted by atomic mass is 32.2. The van der Waals surface area contributed by atoms with Gasteiger partial charge in [0.1, 0.15) is 17.2 Å². The summed E-state index contributed by atoms with van der Waals surface area (Å²) >= 11 is 0. The smallest absolute Gasteiger partial charge is 0.339 e. The predicted molar refractivity (Wildman–Crippen MR) is 148 cm³/mol. The molecule has 8 nitrogen and oxygen atoms in total.